The molecule has 1 amide bonds. The fourth-order valence-corrected chi connectivity index (χ4v) is 4.35. The average Bonchev–Trinajstić information content (AvgIpc) is 3.02. The molecule has 0 bridgehead atoms. The topological polar surface area (TPSA) is 108 Å². The van der Waals surface area contributed by atoms with E-state index in [2.05, 4.69) is 5.32 Å². The van der Waals surface area contributed by atoms with Gasteiger partial charge in [-0.05, 0) is 24.6 Å². The van der Waals surface area contributed by atoms with E-state index in [1.54, 1.807) is 25.1 Å². The summed E-state index contributed by atoms with van der Waals surface area (Å²) in [5.41, 5.74) is 0.526. The van der Waals surface area contributed by atoms with Crippen molar-refractivity contribution in [2.24, 2.45) is 0 Å². The number of aryl methyl sites for hydroxylation is 1. The summed E-state index contributed by atoms with van der Waals surface area (Å²) >= 11 is 13.3. The van der Waals surface area contributed by atoms with Crippen molar-refractivity contribution < 1.29 is 24.0 Å². The molecule has 0 spiro atoms. The molecule has 2 aromatic carbocycles. The van der Waals surface area contributed by atoms with Crippen LogP contribution in [0, 0.1) is 17.0 Å². The number of methoxy groups -OCH3 is 1. The van der Waals surface area contributed by atoms with Crippen LogP contribution in [0.4, 0.5) is 11.4 Å². The number of nitrogens with one attached hydrogen (secondary N) is 1. The van der Waals surface area contributed by atoms with Gasteiger partial charge in [0, 0.05) is 32.9 Å². The molecule has 0 unspecified atom stereocenters. The van der Waals surface area contributed by atoms with Crippen molar-refractivity contribution in [1.29, 1.82) is 0 Å². The van der Waals surface area contributed by atoms with Crippen LogP contribution in [0.2, 0.25) is 10.0 Å². The Morgan fingerprint density at radius 2 is 1.97 bits per heavy atom. The Bertz CT molecular complexity index is 1180. The van der Waals surface area contributed by atoms with Gasteiger partial charge in [-0.2, -0.15) is 0 Å². The zero-order valence-corrected chi connectivity index (χ0v) is 18.0. The van der Waals surface area contributed by atoms with Gasteiger partial charge in [0.2, 0.25) is 0 Å². The van der Waals surface area contributed by atoms with Crippen LogP contribution in [0.1, 0.15) is 15.2 Å². The number of fused-ring (bicyclic) bond motifs is 1. The van der Waals surface area contributed by atoms with Gasteiger partial charge in [-0.25, -0.2) is 4.79 Å². The highest BCUT2D eigenvalue weighted by molar-refractivity contribution is 7.21. The van der Waals surface area contributed by atoms with Gasteiger partial charge in [-0.15, -0.1) is 11.3 Å². The summed E-state index contributed by atoms with van der Waals surface area (Å²) in [6.07, 6.45) is 0. The highest BCUT2D eigenvalue weighted by atomic mass is 35.5. The van der Waals surface area contributed by atoms with Crippen LogP contribution in [0.5, 0.6) is 5.75 Å². The van der Waals surface area contributed by atoms with Crippen molar-refractivity contribution in [2.75, 3.05) is 19.0 Å². The standard InChI is InChI=1S/C19H14Cl2N2O6S/c1-9-5-13(23(26)27)14(28-2)7-12(9)22-16(24)8-29-19(25)18-17(21)11-4-3-10(20)6-15(11)30-18/h3-7H,8H2,1-2H3,(H,22,24). The number of carbonyl (C=O) groups is 2. The number of rotatable bonds is 6. The normalized spacial score (nSPS) is 10.7. The molecule has 3 rings (SSSR count). The van der Waals surface area contributed by atoms with Gasteiger partial charge in [0.05, 0.1) is 17.1 Å². The van der Waals surface area contributed by atoms with Gasteiger partial charge in [-0.3, -0.25) is 14.9 Å². The number of thiophene rings is 1. The molecule has 1 N–H and O–H groups in total. The number of nitro benzene ring substituents is 1. The largest absolute Gasteiger partial charge is 0.490 e. The predicted molar refractivity (Wildman–Crippen MR) is 115 cm³/mol. The maximum absolute atomic E-state index is 12.4. The number of halogens is 2. The monoisotopic (exact) mass is 468 g/mol. The molecule has 30 heavy (non-hydrogen) atoms. The molecule has 0 aliphatic carbocycles. The second kappa shape index (κ2) is 8.86. The number of amides is 1. The SMILES string of the molecule is COc1cc(NC(=O)COC(=O)c2sc3cc(Cl)ccc3c2Cl)c(C)cc1[N+](=O)[O-]. The Morgan fingerprint density at radius 1 is 1.23 bits per heavy atom. The van der Waals surface area contributed by atoms with Crippen LogP contribution >= 0.6 is 34.5 Å². The van der Waals surface area contributed by atoms with Gasteiger partial charge >= 0.3 is 11.7 Å². The minimum atomic E-state index is -0.745. The lowest BCUT2D eigenvalue weighted by Gasteiger charge is -2.11. The van der Waals surface area contributed by atoms with E-state index in [1.165, 1.54) is 19.2 Å². The van der Waals surface area contributed by atoms with Crippen LogP contribution in [0.25, 0.3) is 10.1 Å². The molecule has 0 atom stereocenters. The molecule has 1 heterocycles. The molecule has 0 fully saturated rings. The van der Waals surface area contributed by atoms with Crippen molar-refractivity contribution in [3.05, 3.63) is 60.9 Å². The third-order valence-electron chi connectivity index (χ3n) is 4.11. The van der Waals surface area contributed by atoms with E-state index in [-0.39, 0.29) is 21.3 Å². The Hall–Kier alpha value is -2.88. The van der Waals surface area contributed by atoms with Crippen molar-refractivity contribution in [3.63, 3.8) is 0 Å². The summed E-state index contributed by atoms with van der Waals surface area (Å²) in [5.74, 6) is -1.37. The van der Waals surface area contributed by atoms with Gasteiger partial charge < -0.3 is 14.8 Å². The fourth-order valence-electron chi connectivity index (χ4n) is 2.67. The number of hydrogen-bond donors (Lipinski definition) is 1. The molecule has 0 saturated heterocycles. The van der Waals surface area contributed by atoms with Crippen molar-refractivity contribution in [3.8, 4) is 5.75 Å². The lowest BCUT2D eigenvalue weighted by atomic mass is 10.1. The van der Waals surface area contributed by atoms with Crippen LogP contribution in [0.15, 0.2) is 30.3 Å². The number of nitro groups is 1. The second-order valence-corrected chi connectivity index (χ2v) is 7.97. The third kappa shape index (κ3) is 4.48. The van der Waals surface area contributed by atoms with Crippen molar-refractivity contribution in [1.82, 2.24) is 0 Å². The predicted octanol–water partition coefficient (Wildman–Crippen LogP) is 5.23. The highest BCUT2D eigenvalue weighted by Crippen LogP contribution is 2.37. The van der Waals surface area contributed by atoms with Gasteiger partial charge in [0.1, 0.15) is 4.88 Å². The van der Waals surface area contributed by atoms with Crippen molar-refractivity contribution in [2.45, 2.75) is 6.92 Å². The first-order valence-electron chi connectivity index (χ1n) is 8.38. The molecular formula is C19H14Cl2N2O6S. The zero-order valence-electron chi connectivity index (χ0n) is 15.7. The molecule has 3 aromatic rings. The molecule has 11 heteroatoms. The third-order valence-corrected chi connectivity index (χ3v) is 5.98. The molecular weight excluding hydrogens is 455 g/mol. The Balaban J connectivity index is 1.70. The van der Waals surface area contributed by atoms with Crippen molar-refractivity contribution >= 4 is 67.9 Å². The van der Waals surface area contributed by atoms with Gasteiger partial charge in [-0.1, -0.05) is 29.3 Å². The van der Waals surface area contributed by atoms with Crippen LogP contribution in [-0.2, 0) is 9.53 Å². The lowest BCUT2D eigenvalue weighted by Crippen LogP contribution is -2.21. The number of nitrogens with zero attached hydrogens (tertiary/aromatic N) is 1. The molecule has 0 radical (unpaired) electrons. The second-order valence-electron chi connectivity index (χ2n) is 6.11. The van der Waals surface area contributed by atoms with E-state index < -0.39 is 23.4 Å². The summed E-state index contributed by atoms with van der Waals surface area (Å²) in [7, 11) is 1.28. The summed E-state index contributed by atoms with van der Waals surface area (Å²) in [6.45, 7) is 1.03. The first-order chi connectivity index (χ1) is 14.2. The molecule has 0 saturated carbocycles. The van der Waals surface area contributed by atoms with E-state index >= 15 is 0 Å². The summed E-state index contributed by atoms with van der Waals surface area (Å²) < 4.78 is 10.8. The number of esters is 1. The molecule has 156 valence electrons. The number of hydrogen-bond acceptors (Lipinski definition) is 7. The number of benzene rings is 2. The Labute approximate surface area is 184 Å². The van der Waals surface area contributed by atoms with E-state index in [4.69, 9.17) is 32.7 Å². The minimum absolute atomic E-state index is 0.00591. The van der Waals surface area contributed by atoms with Gasteiger partial charge in [0.15, 0.2) is 12.4 Å². The molecule has 1 aromatic heterocycles. The smallest absolute Gasteiger partial charge is 0.350 e. The maximum Gasteiger partial charge on any atom is 0.350 e. The van der Waals surface area contributed by atoms with Crippen LogP contribution in [0.3, 0.4) is 0 Å². The minimum Gasteiger partial charge on any atom is -0.490 e. The summed E-state index contributed by atoms with van der Waals surface area (Å²) in [4.78, 5) is 35.2. The van der Waals surface area contributed by atoms with Crippen LogP contribution in [-0.4, -0.2) is 30.5 Å². The van der Waals surface area contributed by atoms with Gasteiger partial charge in [0.25, 0.3) is 5.91 Å². The average molecular weight is 469 g/mol. The first-order valence-corrected chi connectivity index (χ1v) is 9.96. The number of carbonyl (C=O) groups excluding carboxylic acids is 2. The van der Waals surface area contributed by atoms with E-state index in [1.807, 2.05) is 0 Å². The molecule has 8 nitrogen and oxygen atoms in total. The summed E-state index contributed by atoms with van der Waals surface area (Å²) in [6, 6.07) is 7.65. The number of anilines is 1. The quantitative estimate of drug-likeness (QED) is 0.301. The number of ether oxygens (including phenoxy) is 2. The fraction of sp³-hybridized carbons (Fsp3) is 0.158. The Morgan fingerprint density at radius 3 is 2.63 bits per heavy atom. The molecule has 0 aliphatic rings. The first kappa shape index (κ1) is 21.8. The Kier molecular flexibility index (Phi) is 6.45. The highest BCUT2D eigenvalue weighted by Gasteiger charge is 2.21. The lowest BCUT2D eigenvalue weighted by molar-refractivity contribution is -0.385. The summed E-state index contributed by atoms with van der Waals surface area (Å²) in [5, 5.41) is 15.0. The van der Waals surface area contributed by atoms with E-state index in [0.29, 0.717) is 21.7 Å². The van der Waals surface area contributed by atoms with E-state index in [9.17, 15) is 19.7 Å². The van der Waals surface area contributed by atoms with Crippen LogP contribution < -0.4 is 10.1 Å². The molecule has 0 aliphatic heterocycles. The zero-order chi connectivity index (χ0) is 22.0. The maximum atomic E-state index is 12.4. The van der Waals surface area contributed by atoms with E-state index in [0.717, 1.165) is 16.0 Å².